The van der Waals surface area contributed by atoms with E-state index in [9.17, 15) is 0 Å². The van der Waals surface area contributed by atoms with Crippen molar-refractivity contribution < 1.29 is 4.74 Å². The van der Waals surface area contributed by atoms with Crippen LogP contribution in [0.15, 0.2) is 30.5 Å². The normalized spacial score (nSPS) is 30.5. The highest BCUT2D eigenvalue weighted by atomic mass is 16.5. The molecule has 24 heavy (non-hydrogen) atoms. The summed E-state index contributed by atoms with van der Waals surface area (Å²) < 4.78 is 5.40. The van der Waals surface area contributed by atoms with Gasteiger partial charge in [-0.05, 0) is 61.1 Å². The Morgan fingerprint density at radius 3 is 2.96 bits per heavy atom. The van der Waals surface area contributed by atoms with Crippen LogP contribution in [-0.2, 0) is 0 Å². The molecule has 2 N–H and O–H groups in total. The lowest BCUT2D eigenvalue weighted by Gasteiger charge is -2.51. The van der Waals surface area contributed by atoms with E-state index < -0.39 is 0 Å². The number of benzene rings is 1. The van der Waals surface area contributed by atoms with Gasteiger partial charge in [0.1, 0.15) is 5.75 Å². The number of pyridine rings is 1. The van der Waals surface area contributed by atoms with Gasteiger partial charge in [0.25, 0.3) is 0 Å². The first-order valence-corrected chi connectivity index (χ1v) is 9.13. The van der Waals surface area contributed by atoms with Crippen molar-refractivity contribution in [3.05, 3.63) is 36.0 Å². The Labute approximate surface area is 144 Å². The number of nitrogens with zero attached hydrogens (tertiary/aromatic N) is 2. The molecule has 1 aromatic carbocycles. The zero-order valence-corrected chi connectivity index (χ0v) is 14.6. The summed E-state index contributed by atoms with van der Waals surface area (Å²) in [5, 5.41) is 1.12. The minimum Gasteiger partial charge on any atom is -0.497 e. The second-order valence-corrected chi connectivity index (χ2v) is 7.32. The zero-order valence-electron chi connectivity index (χ0n) is 14.6. The standard InChI is InChI=1S/C20H27N3O/c1-3-13-12-23-9-7-14(13)10-19(23)20(21)16-6-8-22-18-5-4-15(24-2)11-17(16)18/h4-6,8,11,13-14,19-20H,3,7,9-10,12,21H2,1-2H3/t13?,14?,19-,20-/m1/s1. The third-order valence-corrected chi connectivity index (χ3v) is 6.22. The van der Waals surface area contributed by atoms with Gasteiger partial charge in [0.05, 0.1) is 12.6 Å². The molecule has 128 valence electrons. The third kappa shape index (κ3) is 2.58. The molecule has 3 saturated heterocycles. The molecule has 3 aliphatic heterocycles. The van der Waals surface area contributed by atoms with Gasteiger partial charge in [-0.2, -0.15) is 0 Å². The lowest BCUT2D eigenvalue weighted by molar-refractivity contribution is -0.0105. The van der Waals surface area contributed by atoms with Gasteiger partial charge in [-0.15, -0.1) is 0 Å². The van der Waals surface area contributed by atoms with Crippen LogP contribution in [0.1, 0.15) is 37.8 Å². The monoisotopic (exact) mass is 325 g/mol. The van der Waals surface area contributed by atoms with Crippen molar-refractivity contribution in [3.63, 3.8) is 0 Å². The maximum Gasteiger partial charge on any atom is 0.119 e. The average Bonchev–Trinajstić information content (AvgIpc) is 2.66. The fourth-order valence-electron chi connectivity index (χ4n) is 4.79. The van der Waals surface area contributed by atoms with E-state index in [4.69, 9.17) is 10.5 Å². The first kappa shape index (κ1) is 15.9. The van der Waals surface area contributed by atoms with Crippen LogP contribution >= 0.6 is 0 Å². The van der Waals surface area contributed by atoms with E-state index in [0.29, 0.717) is 6.04 Å². The molecule has 5 atom stereocenters. The molecule has 4 heteroatoms. The number of aromatic nitrogens is 1. The van der Waals surface area contributed by atoms with Crippen LogP contribution < -0.4 is 10.5 Å². The minimum atomic E-state index is 0.0308. The van der Waals surface area contributed by atoms with Gasteiger partial charge < -0.3 is 10.5 Å². The second kappa shape index (κ2) is 6.34. The quantitative estimate of drug-likeness (QED) is 0.936. The highest BCUT2D eigenvalue weighted by Gasteiger charge is 2.41. The fourth-order valence-corrected chi connectivity index (χ4v) is 4.79. The molecule has 3 aliphatic rings. The molecule has 4 heterocycles. The molecule has 0 aliphatic carbocycles. The molecule has 2 bridgehead atoms. The van der Waals surface area contributed by atoms with E-state index in [1.54, 1.807) is 7.11 Å². The molecule has 0 saturated carbocycles. The zero-order chi connectivity index (χ0) is 16.7. The Hall–Kier alpha value is -1.65. The number of rotatable bonds is 4. The number of fused-ring (bicyclic) bond motifs is 4. The summed E-state index contributed by atoms with van der Waals surface area (Å²) in [7, 11) is 1.70. The van der Waals surface area contributed by atoms with E-state index in [0.717, 1.165) is 28.5 Å². The van der Waals surface area contributed by atoms with E-state index in [1.165, 1.54) is 37.9 Å². The minimum absolute atomic E-state index is 0.0308. The molecular weight excluding hydrogens is 298 g/mol. The van der Waals surface area contributed by atoms with Crippen LogP contribution in [0.2, 0.25) is 0 Å². The summed E-state index contributed by atoms with van der Waals surface area (Å²) in [6, 6.07) is 8.62. The molecule has 1 aromatic heterocycles. The molecule has 3 unspecified atom stereocenters. The Morgan fingerprint density at radius 2 is 2.25 bits per heavy atom. The molecule has 4 nitrogen and oxygen atoms in total. The Morgan fingerprint density at radius 1 is 1.38 bits per heavy atom. The summed E-state index contributed by atoms with van der Waals surface area (Å²) in [5.74, 6) is 2.57. The van der Waals surface area contributed by atoms with Crippen molar-refractivity contribution >= 4 is 10.9 Å². The smallest absolute Gasteiger partial charge is 0.119 e. The predicted molar refractivity (Wildman–Crippen MR) is 97.1 cm³/mol. The Balaban J connectivity index is 1.68. The number of methoxy groups -OCH3 is 1. The largest absolute Gasteiger partial charge is 0.497 e. The fraction of sp³-hybridized carbons (Fsp3) is 0.550. The van der Waals surface area contributed by atoms with Gasteiger partial charge >= 0.3 is 0 Å². The summed E-state index contributed by atoms with van der Waals surface area (Å²) in [6.07, 6.45) is 5.74. The summed E-state index contributed by atoms with van der Waals surface area (Å²) in [5.41, 5.74) is 8.98. The summed E-state index contributed by atoms with van der Waals surface area (Å²) in [6.45, 7) is 4.74. The Bertz CT molecular complexity index is 732. The number of piperidine rings is 3. The first-order chi connectivity index (χ1) is 11.7. The van der Waals surface area contributed by atoms with Crippen molar-refractivity contribution in [3.8, 4) is 5.75 Å². The van der Waals surface area contributed by atoms with Gasteiger partial charge in [0.15, 0.2) is 0 Å². The lowest BCUT2D eigenvalue weighted by Crippen LogP contribution is -2.56. The third-order valence-electron chi connectivity index (χ3n) is 6.22. The van der Waals surface area contributed by atoms with Gasteiger partial charge in [-0.3, -0.25) is 9.88 Å². The molecular formula is C20H27N3O. The maximum absolute atomic E-state index is 6.79. The van der Waals surface area contributed by atoms with Crippen LogP contribution in [0.25, 0.3) is 10.9 Å². The van der Waals surface area contributed by atoms with E-state index in [2.05, 4.69) is 28.9 Å². The number of ether oxygens (including phenoxy) is 1. The van der Waals surface area contributed by atoms with Crippen molar-refractivity contribution in [2.45, 2.75) is 38.3 Å². The van der Waals surface area contributed by atoms with Crippen LogP contribution in [0.3, 0.4) is 0 Å². The predicted octanol–water partition coefficient (Wildman–Crippen LogP) is 3.36. The van der Waals surface area contributed by atoms with Crippen molar-refractivity contribution in [1.82, 2.24) is 9.88 Å². The number of hydrogen-bond donors (Lipinski definition) is 1. The second-order valence-electron chi connectivity index (χ2n) is 7.32. The lowest BCUT2D eigenvalue weighted by atomic mass is 9.72. The van der Waals surface area contributed by atoms with E-state index in [1.807, 2.05) is 18.3 Å². The molecule has 0 amide bonds. The SMILES string of the molecule is CCC1CN2CCC1C[C@@H]2[C@H](N)c1ccnc2ccc(OC)cc12. The van der Waals surface area contributed by atoms with Gasteiger partial charge in [0.2, 0.25) is 0 Å². The van der Waals surface area contributed by atoms with Crippen molar-refractivity contribution in [2.75, 3.05) is 20.2 Å². The average molecular weight is 325 g/mol. The summed E-state index contributed by atoms with van der Waals surface area (Å²) >= 11 is 0. The van der Waals surface area contributed by atoms with Crippen molar-refractivity contribution in [2.24, 2.45) is 17.6 Å². The van der Waals surface area contributed by atoms with Crippen LogP contribution in [0, 0.1) is 11.8 Å². The molecule has 0 spiro atoms. The molecule has 2 aromatic rings. The topological polar surface area (TPSA) is 51.4 Å². The van der Waals surface area contributed by atoms with Gasteiger partial charge in [0, 0.05) is 30.2 Å². The van der Waals surface area contributed by atoms with Gasteiger partial charge in [-0.25, -0.2) is 0 Å². The molecule has 3 fully saturated rings. The number of nitrogens with two attached hydrogens (primary N) is 1. The van der Waals surface area contributed by atoms with Crippen LogP contribution in [0.5, 0.6) is 5.75 Å². The Kier molecular flexibility index (Phi) is 4.19. The van der Waals surface area contributed by atoms with Crippen LogP contribution in [-0.4, -0.2) is 36.1 Å². The highest BCUT2D eigenvalue weighted by molar-refractivity contribution is 5.84. The first-order valence-electron chi connectivity index (χ1n) is 9.13. The maximum atomic E-state index is 6.79. The molecule has 5 rings (SSSR count). The number of hydrogen-bond acceptors (Lipinski definition) is 4. The van der Waals surface area contributed by atoms with E-state index >= 15 is 0 Å². The highest BCUT2D eigenvalue weighted by Crippen LogP contribution is 2.42. The van der Waals surface area contributed by atoms with Crippen molar-refractivity contribution in [1.29, 1.82) is 0 Å². The molecule has 0 radical (unpaired) electrons. The van der Waals surface area contributed by atoms with Gasteiger partial charge in [-0.1, -0.05) is 13.3 Å². The van der Waals surface area contributed by atoms with E-state index in [-0.39, 0.29) is 6.04 Å². The summed E-state index contributed by atoms with van der Waals surface area (Å²) in [4.78, 5) is 7.12. The van der Waals surface area contributed by atoms with Crippen LogP contribution in [0.4, 0.5) is 0 Å².